The molecule has 0 radical (unpaired) electrons. The second-order valence-corrected chi connectivity index (χ2v) is 26.4. The van der Waals surface area contributed by atoms with Crippen molar-refractivity contribution < 1.29 is 24.2 Å². The number of hydrogen-bond acceptors (Lipinski definition) is 5. The summed E-state index contributed by atoms with van der Waals surface area (Å²) in [5.41, 5.74) is 0. The molecule has 1 atom stereocenters. The van der Waals surface area contributed by atoms with Crippen LogP contribution >= 0.6 is 0 Å². The zero-order valence-electron chi connectivity index (χ0n) is 58.5. The third-order valence-corrected chi connectivity index (χ3v) is 17.8. The van der Waals surface area contributed by atoms with Crippen LogP contribution in [0.4, 0.5) is 0 Å². The molecule has 5 nitrogen and oxygen atoms in total. The van der Waals surface area contributed by atoms with Gasteiger partial charge in [0.05, 0.1) is 6.61 Å². The lowest BCUT2D eigenvalue weighted by molar-refractivity contribution is -0.161. The van der Waals surface area contributed by atoms with Crippen LogP contribution in [0.2, 0.25) is 0 Å². The van der Waals surface area contributed by atoms with E-state index >= 15 is 0 Å². The van der Waals surface area contributed by atoms with Crippen LogP contribution in [-0.4, -0.2) is 36.4 Å². The third-order valence-electron chi connectivity index (χ3n) is 17.8. The monoisotopic (exact) mass is 1220 g/mol. The van der Waals surface area contributed by atoms with Crippen LogP contribution in [0, 0.1) is 0 Å². The number of esters is 2. The Morgan fingerprint density at radius 1 is 0.276 bits per heavy atom. The third kappa shape index (κ3) is 75.7. The number of carbonyl (C=O) groups is 2. The highest BCUT2D eigenvalue weighted by atomic mass is 16.6. The van der Waals surface area contributed by atoms with Crippen molar-refractivity contribution >= 4 is 11.9 Å². The van der Waals surface area contributed by atoms with Gasteiger partial charge in [0, 0.05) is 12.8 Å². The van der Waals surface area contributed by atoms with E-state index < -0.39 is 6.10 Å². The van der Waals surface area contributed by atoms with E-state index in [1.807, 2.05) is 0 Å². The van der Waals surface area contributed by atoms with Crippen LogP contribution in [-0.2, 0) is 19.1 Å². The first-order valence-electron chi connectivity index (χ1n) is 39.0. The molecule has 87 heavy (non-hydrogen) atoms. The molecule has 0 aromatic carbocycles. The summed E-state index contributed by atoms with van der Waals surface area (Å²) in [7, 11) is 0. The normalized spacial score (nSPS) is 12.5. The van der Waals surface area contributed by atoms with Crippen LogP contribution in [0.1, 0.15) is 418 Å². The van der Waals surface area contributed by atoms with Gasteiger partial charge in [-0.25, -0.2) is 0 Å². The average Bonchev–Trinajstić information content (AvgIpc) is 3.52. The Kier molecular flexibility index (Phi) is 75.2. The minimum Gasteiger partial charge on any atom is -0.462 e. The minimum absolute atomic E-state index is 0.0610. The van der Waals surface area contributed by atoms with Gasteiger partial charge in [0.15, 0.2) is 6.10 Å². The van der Waals surface area contributed by atoms with E-state index in [0.717, 1.165) is 70.6 Å². The lowest BCUT2D eigenvalue weighted by Crippen LogP contribution is -2.28. The Balaban J connectivity index is 3.39. The molecular formula is C82H150O5. The van der Waals surface area contributed by atoms with E-state index in [-0.39, 0.29) is 25.2 Å². The number of aliphatic hydroxyl groups excluding tert-OH is 1. The SMILES string of the molecule is CC/C=C\C/C=C\C/C=C\C/C=C\C/C=C\C/C=C\CCCCCCCCCCCCCCCCCCCCC(=O)OC(CO)COC(=O)CCCCCCCCCCCCCCCCCCCCCCCCCCCCCCCCCCCCCC. The predicted octanol–water partition coefficient (Wildman–Crippen LogP) is 27.4. The van der Waals surface area contributed by atoms with Gasteiger partial charge < -0.3 is 14.6 Å². The van der Waals surface area contributed by atoms with E-state index in [0.29, 0.717) is 12.8 Å². The number of unbranched alkanes of at least 4 members (excludes halogenated alkanes) is 53. The summed E-state index contributed by atoms with van der Waals surface area (Å²) in [5, 5.41) is 9.73. The average molecular weight is 1220 g/mol. The molecule has 0 aliphatic carbocycles. The van der Waals surface area contributed by atoms with Crippen molar-refractivity contribution in [3.8, 4) is 0 Å². The highest BCUT2D eigenvalue weighted by Crippen LogP contribution is 2.20. The van der Waals surface area contributed by atoms with Crippen molar-refractivity contribution in [1.29, 1.82) is 0 Å². The van der Waals surface area contributed by atoms with Crippen molar-refractivity contribution in [2.75, 3.05) is 13.2 Å². The molecule has 0 amide bonds. The zero-order chi connectivity index (χ0) is 62.6. The predicted molar refractivity (Wildman–Crippen MR) is 385 cm³/mol. The first-order valence-corrected chi connectivity index (χ1v) is 39.0. The number of ether oxygens (including phenoxy) is 2. The number of carbonyl (C=O) groups excluding carboxylic acids is 2. The molecule has 0 rings (SSSR count). The molecule has 0 saturated carbocycles. The summed E-state index contributed by atoms with van der Waals surface area (Å²) in [5.74, 6) is -0.567. The van der Waals surface area contributed by atoms with Crippen molar-refractivity contribution in [1.82, 2.24) is 0 Å². The van der Waals surface area contributed by atoms with E-state index in [2.05, 4.69) is 86.8 Å². The van der Waals surface area contributed by atoms with Gasteiger partial charge in [-0.2, -0.15) is 0 Å². The Bertz CT molecular complexity index is 1520. The first-order chi connectivity index (χ1) is 43.1. The minimum atomic E-state index is -0.773. The Morgan fingerprint density at radius 2 is 0.494 bits per heavy atom. The van der Waals surface area contributed by atoms with Crippen molar-refractivity contribution in [3.63, 3.8) is 0 Å². The van der Waals surface area contributed by atoms with Gasteiger partial charge in [-0.15, -0.1) is 0 Å². The van der Waals surface area contributed by atoms with Crippen molar-refractivity contribution in [2.24, 2.45) is 0 Å². The van der Waals surface area contributed by atoms with Gasteiger partial charge in [0.2, 0.25) is 0 Å². The number of allylic oxidation sites excluding steroid dienone is 12. The van der Waals surface area contributed by atoms with Crippen LogP contribution in [0.3, 0.4) is 0 Å². The molecule has 508 valence electrons. The second kappa shape index (κ2) is 77.6. The van der Waals surface area contributed by atoms with Gasteiger partial charge in [-0.3, -0.25) is 9.59 Å². The molecule has 0 bridgehead atoms. The molecule has 0 aromatic rings. The van der Waals surface area contributed by atoms with Gasteiger partial charge >= 0.3 is 11.9 Å². The fraction of sp³-hybridized carbons (Fsp3) is 0.829. The molecule has 0 aliphatic heterocycles. The van der Waals surface area contributed by atoms with Gasteiger partial charge in [-0.1, -0.05) is 414 Å². The smallest absolute Gasteiger partial charge is 0.306 e. The van der Waals surface area contributed by atoms with Crippen molar-refractivity contribution in [2.45, 2.75) is 424 Å². The van der Waals surface area contributed by atoms with E-state index in [1.54, 1.807) is 0 Å². The Labute approximate surface area is 544 Å². The summed E-state index contributed by atoms with van der Waals surface area (Å²) in [6.45, 7) is 4.09. The molecule has 0 aromatic heterocycles. The quantitative estimate of drug-likeness (QED) is 0.0373. The highest BCUT2D eigenvalue weighted by molar-refractivity contribution is 5.70. The lowest BCUT2D eigenvalue weighted by atomic mass is 10.0. The zero-order valence-corrected chi connectivity index (χ0v) is 58.5. The van der Waals surface area contributed by atoms with Crippen LogP contribution < -0.4 is 0 Å². The molecule has 0 spiro atoms. The fourth-order valence-electron chi connectivity index (χ4n) is 12.0. The largest absolute Gasteiger partial charge is 0.462 e. The van der Waals surface area contributed by atoms with Crippen LogP contribution in [0.15, 0.2) is 72.9 Å². The van der Waals surface area contributed by atoms with Gasteiger partial charge in [0.25, 0.3) is 0 Å². The maximum Gasteiger partial charge on any atom is 0.306 e. The summed E-state index contributed by atoms with van der Waals surface area (Å²) < 4.78 is 10.8. The first kappa shape index (κ1) is 84.3. The number of rotatable bonds is 73. The molecular weight excluding hydrogens is 1060 g/mol. The molecule has 0 fully saturated rings. The van der Waals surface area contributed by atoms with Crippen molar-refractivity contribution in [3.05, 3.63) is 72.9 Å². The van der Waals surface area contributed by atoms with Gasteiger partial charge in [-0.05, 0) is 64.2 Å². The summed E-state index contributed by atoms with van der Waals surface area (Å²) in [6.07, 6.45) is 108. The molecule has 0 heterocycles. The summed E-state index contributed by atoms with van der Waals surface area (Å²) in [4.78, 5) is 24.7. The molecule has 0 aliphatic rings. The van der Waals surface area contributed by atoms with E-state index in [9.17, 15) is 14.7 Å². The standard InChI is InChI=1S/C82H150O5/c1-3-5-7-9-11-13-15-17-19-21-23-25-27-29-31-33-35-37-39-41-43-45-47-49-51-53-55-57-59-61-63-65-67-69-71-73-75-77-82(85)87-80(78-83)79-86-81(84)76-74-72-70-68-66-64-62-60-58-56-54-52-50-48-46-44-42-40-38-36-34-32-30-28-26-24-22-20-18-16-14-12-10-8-6-4-2/h5,7,11,13,17,19,23,25,29,31,35,37,80,83H,3-4,6,8-10,12,14-16,18,20-22,24,26-28,30,32-34,36,38-79H2,1-2H3/b7-5-,13-11-,19-17-,25-23-,31-29-,37-35-. The summed E-state index contributed by atoms with van der Waals surface area (Å²) >= 11 is 0. The summed E-state index contributed by atoms with van der Waals surface area (Å²) in [6, 6.07) is 0. The molecule has 1 N–H and O–H groups in total. The topological polar surface area (TPSA) is 72.8 Å². The maximum absolute atomic E-state index is 12.4. The second-order valence-electron chi connectivity index (χ2n) is 26.4. The van der Waals surface area contributed by atoms with E-state index in [1.165, 1.54) is 321 Å². The molecule has 5 heteroatoms. The Morgan fingerprint density at radius 3 is 0.747 bits per heavy atom. The highest BCUT2D eigenvalue weighted by Gasteiger charge is 2.16. The lowest BCUT2D eigenvalue weighted by Gasteiger charge is -2.15. The molecule has 0 saturated heterocycles. The van der Waals surface area contributed by atoms with E-state index in [4.69, 9.17) is 9.47 Å². The fourth-order valence-corrected chi connectivity index (χ4v) is 12.0. The van der Waals surface area contributed by atoms with Crippen LogP contribution in [0.5, 0.6) is 0 Å². The number of hydrogen-bond donors (Lipinski definition) is 1. The van der Waals surface area contributed by atoms with Crippen LogP contribution in [0.25, 0.3) is 0 Å². The molecule has 1 unspecified atom stereocenters. The number of aliphatic hydroxyl groups is 1. The maximum atomic E-state index is 12.4. The van der Waals surface area contributed by atoms with Gasteiger partial charge in [0.1, 0.15) is 6.61 Å². The Hall–Kier alpha value is -2.66.